The third-order valence-corrected chi connectivity index (χ3v) is 2.38. The van der Waals surface area contributed by atoms with E-state index in [0.717, 1.165) is 24.7 Å². The van der Waals surface area contributed by atoms with Crippen molar-refractivity contribution in [2.24, 2.45) is 0 Å². The fourth-order valence-corrected chi connectivity index (χ4v) is 1.49. The van der Waals surface area contributed by atoms with Crippen molar-refractivity contribution in [3.63, 3.8) is 0 Å². The molecule has 0 amide bonds. The Kier molecular flexibility index (Phi) is 2.53. The molecule has 1 fully saturated rings. The van der Waals surface area contributed by atoms with E-state index in [9.17, 15) is 0 Å². The van der Waals surface area contributed by atoms with Crippen LogP contribution in [0, 0.1) is 0 Å². The zero-order valence-corrected chi connectivity index (χ0v) is 8.12. The maximum Gasteiger partial charge on any atom is 0.119 e. The van der Waals surface area contributed by atoms with Gasteiger partial charge in [-0.2, -0.15) is 0 Å². The third kappa shape index (κ3) is 2.24. The molecule has 1 aliphatic rings. The second-order valence-corrected chi connectivity index (χ2v) is 3.70. The number of benzene rings is 1. The van der Waals surface area contributed by atoms with Crippen LogP contribution in [0.1, 0.15) is 37.7 Å². The maximum absolute atomic E-state index is 5.57. The van der Waals surface area contributed by atoms with E-state index in [-0.39, 0.29) is 0 Å². The van der Waals surface area contributed by atoms with Crippen molar-refractivity contribution in [3.05, 3.63) is 29.8 Å². The molecule has 0 radical (unpaired) electrons. The van der Waals surface area contributed by atoms with Crippen molar-refractivity contribution >= 4 is 0 Å². The molecule has 1 nitrogen and oxygen atoms in total. The van der Waals surface area contributed by atoms with Crippen LogP contribution in [0.25, 0.3) is 0 Å². The normalized spacial score (nSPS) is 15.8. The highest BCUT2D eigenvalue weighted by atomic mass is 16.5. The van der Waals surface area contributed by atoms with Crippen molar-refractivity contribution in [2.75, 3.05) is 6.61 Å². The summed E-state index contributed by atoms with van der Waals surface area (Å²) >= 11 is 0. The fraction of sp³-hybridized carbons (Fsp3) is 0.500. The van der Waals surface area contributed by atoms with Crippen LogP contribution in [-0.4, -0.2) is 6.61 Å². The van der Waals surface area contributed by atoms with E-state index < -0.39 is 0 Å². The highest BCUT2D eigenvalue weighted by molar-refractivity contribution is 5.32. The Bertz CT molecular complexity index is 276. The maximum atomic E-state index is 5.57. The second kappa shape index (κ2) is 3.82. The summed E-state index contributed by atoms with van der Waals surface area (Å²) in [4.78, 5) is 0. The average Bonchev–Trinajstić information content (AvgIpc) is 2.98. The van der Waals surface area contributed by atoms with Gasteiger partial charge in [-0.05, 0) is 42.9 Å². The molecule has 0 N–H and O–H groups in total. The molecule has 2 rings (SSSR count). The molecule has 1 aromatic rings. The van der Waals surface area contributed by atoms with Gasteiger partial charge in [-0.15, -0.1) is 0 Å². The van der Waals surface area contributed by atoms with Gasteiger partial charge in [0.15, 0.2) is 0 Å². The van der Waals surface area contributed by atoms with E-state index in [0.29, 0.717) is 0 Å². The zero-order chi connectivity index (χ0) is 9.10. The summed E-state index contributed by atoms with van der Waals surface area (Å²) in [5.41, 5.74) is 1.45. The predicted molar refractivity (Wildman–Crippen MR) is 54.2 cm³/mol. The second-order valence-electron chi connectivity index (χ2n) is 3.70. The van der Waals surface area contributed by atoms with Gasteiger partial charge in [-0.1, -0.05) is 19.1 Å². The van der Waals surface area contributed by atoms with Crippen molar-refractivity contribution in [2.45, 2.75) is 32.1 Å². The smallest absolute Gasteiger partial charge is 0.119 e. The number of hydrogen-bond donors (Lipinski definition) is 0. The molecule has 0 spiro atoms. The molecule has 13 heavy (non-hydrogen) atoms. The zero-order valence-electron chi connectivity index (χ0n) is 8.12. The van der Waals surface area contributed by atoms with Gasteiger partial charge >= 0.3 is 0 Å². The molecule has 0 saturated heterocycles. The lowest BCUT2D eigenvalue weighted by Crippen LogP contribution is -1.95. The molecule has 1 aliphatic carbocycles. The Balaban J connectivity index is 2.03. The van der Waals surface area contributed by atoms with Gasteiger partial charge in [0.1, 0.15) is 5.75 Å². The molecule has 0 unspecified atom stereocenters. The highest BCUT2D eigenvalue weighted by Crippen LogP contribution is 2.40. The molecule has 0 heterocycles. The summed E-state index contributed by atoms with van der Waals surface area (Å²) in [7, 11) is 0. The molecular formula is C12H16O. The molecule has 1 saturated carbocycles. The summed E-state index contributed by atoms with van der Waals surface area (Å²) in [6.45, 7) is 2.96. The highest BCUT2D eigenvalue weighted by Gasteiger charge is 2.23. The molecule has 0 atom stereocenters. The Morgan fingerprint density at radius 3 is 2.92 bits per heavy atom. The molecule has 0 bridgehead atoms. The van der Waals surface area contributed by atoms with Crippen molar-refractivity contribution in [1.82, 2.24) is 0 Å². The first-order chi connectivity index (χ1) is 6.40. The minimum atomic E-state index is 0.824. The minimum absolute atomic E-state index is 0.824. The lowest BCUT2D eigenvalue weighted by atomic mass is 10.1. The van der Waals surface area contributed by atoms with Crippen molar-refractivity contribution in [3.8, 4) is 5.75 Å². The topological polar surface area (TPSA) is 9.23 Å². The number of ether oxygens (including phenoxy) is 1. The van der Waals surface area contributed by atoms with Crippen molar-refractivity contribution < 1.29 is 4.74 Å². The lowest BCUT2D eigenvalue weighted by molar-refractivity contribution is 0.317. The first-order valence-electron chi connectivity index (χ1n) is 5.13. The van der Waals surface area contributed by atoms with Gasteiger partial charge in [0.05, 0.1) is 6.61 Å². The summed E-state index contributed by atoms with van der Waals surface area (Å²) in [5, 5.41) is 0. The standard InChI is InChI=1S/C12H16O/c1-2-8-13-12-5-3-4-11(9-12)10-6-7-10/h3-5,9-10H,2,6-8H2,1H3. The van der Waals surface area contributed by atoms with E-state index in [4.69, 9.17) is 4.74 Å². The van der Waals surface area contributed by atoms with E-state index in [1.807, 2.05) is 6.07 Å². The third-order valence-electron chi connectivity index (χ3n) is 2.38. The van der Waals surface area contributed by atoms with Crippen LogP contribution in [-0.2, 0) is 0 Å². The quantitative estimate of drug-likeness (QED) is 0.683. The van der Waals surface area contributed by atoms with Gasteiger partial charge in [0, 0.05) is 0 Å². The first kappa shape index (κ1) is 8.61. The molecular weight excluding hydrogens is 160 g/mol. The first-order valence-corrected chi connectivity index (χ1v) is 5.13. The molecule has 0 aliphatic heterocycles. The number of hydrogen-bond acceptors (Lipinski definition) is 1. The molecule has 1 aromatic carbocycles. The van der Waals surface area contributed by atoms with Gasteiger partial charge in [0.2, 0.25) is 0 Å². The largest absolute Gasteiger partial charge is 0.494 e. The van der Waals surface area contributed by atoms with Crippen LogP contribution < -0.4 is 4.74 Å². The average molecular weight is 176 g/mol. The fourth-order valence-electron chi connectivity index (χ4n) is 1.49. The van der Waals surface area contributed by atoms with Crippen LogP contribution >= 0.6 is 0 Å². The van der Waals surface area contributed by atoms with Crippen LogP contribution in [0.5, 0.6) is 5.75 Å². The van der Waals surface area contributed by atoms with Gasteiger partial charge < -0.3 is 4.74 Å². The van der Waals surface area contributed by atoms with Crippen molar-refractivity contribution in [1.29, 1.82) is 0 Å². The Morgan fingerprint density at radius 1 is 1.38 bits per heavy atom. The number of rotatable bonds is 4. The Morgan fingerprint density at radius 2 is 2.23 bits per heavy atom. The Labute approximate surface area is 79.7 Å². The summed E-state index contributed by atoms with van der Waals surface area (Å²) in [6.07, 6.45) is 3.79. The Hall–Kier alpha value is -0.980. The van der Waals surface area contributed by atoms with Gasteiger partial charge in [-0.3, -0.25) is 0 Å². The van der Waals surface area contributed by atoms with Crippen LogP contribution in [0.4, 0.5) is 0 Å². The van der Waals surface area contributed by atoms with Gasteiger partial charge in [0.25, 0.3) is 0 Å². The van der Waals surface area contributed by atoms with Crippen LogP contribution in [0.3, 0.4) is 0 Å². The molecule has 0 aromatic heterocycles. The summed E-state index contributed by atoms with van der Waals surface area (Å²) < 4.78 is 5.57. The van der Waals surface area contributed by atoms with E-state index >= 15 is 0 Å². The monoisotopic (exact) mass is 176 g/mol. The summed E-state index contributed by atoms with van der Waals surface area (Å²) in [5.74, 6) is 1.86. The van der Waals surface area contributed by atoms with Crippen LogP contribution in [0.2, 0.25) is 0 Å². The van der Waals surface area contributed by atoms with E-state index in [2.05, 4.69) is 25.1 Å². The van der Waals surface area contributed by atoms with Gasteiger partial charge in [-0.25, -0.2) is 0 Å². The molecule has 70 valence electrons. The van der Waals surface area contributed by atoms with E-state index in [1.54, 1.807) is 0 Å². The predicted octanol–water partition coefficient (Wildman–Crippen LogP) is 3.35. The lowest BCUT2D eigenvalue weighted by Gasteiger charge is -2.05. The SMILES string of the molecule is CCCOc1cccc(C2CC2)c1. The van der Waals surface area contributed by atoms with E-state index in [1.165, 1.54) is 18.4 Å². The van der Waals surface area contributed by atoms with Crippen LogP contribution in [0.15, 0.2) is 24.3 Å². The summed E-state index contributed by atoms with van der Waals surface area (Å²) in [6, 6.07) is 8.53. The molecule has 1 heteroatoms. The minimum Gasteiger partial charge on any atom is -0.494 e.